The zero-order valence-corrected chi connectivity index (χ0v) is 19.2. The van der Waals surface area contributed by atoms with E-state index < -0.39 is 0 Å². The lowest BCUT2D eigenvalue weighted by Gasteiger charge is -2.20. The Balaban J connectivity index is 1.52. The van der Waals surface area contributed by atoms with Gasteiger partial charge in [-0.15, -0.1) is 0 Å². The van der Waals surface area contributed by atoms with Gasteiger partial charge in [0.05, 0.1) is 0 Å². The van der Waals surface area contributed by atoms with Crippen LogP contribution in [-0.4, -0.2) is 52.1 Å². The van der Waals surface area contributed by atoms with E-state index in [9.17, 15) is 0 Å². The molecule has 0 amide bonds. The monoisotopic (exact) mass is 424 g/mol. The van der Waals surface area contributed by atoms with Crippen LogP contribution in [0, 0.1) is 13.8 Å². The van der Waals surface area contributed by atoms with Crippen molar-refractivity contribution in [3.8, 4) is 6.01 Å². The van der Waals surface area contributed by atoms with Crippen molar-refractivity contribution < 1.29 is 4.74 Å². The highest BCUT2D eigenvalue weighted by molar-refractivity contribution is 5.56. The van der Waals surface area contributed by atoms with E-state index in [0.717, 1.165) is 31.5 Å². The van der Waals surface area contributed by atoms with E-state index in [1.54, 1.807) is 0 Å². The molecule has 1 saturated heterocycles. The molecular formula is C24H36N6O. The van der Waals surface area contributed by atoms with Gasteiger partial charge in [0.25, 0.3) is 0 Å². The molecule has 2 N–H and O–H groups in total. The van der Waals surface area contributed by atoms with E-state index in [2.05, 4.69) is 69.6 Å². The van der Waals surface area contributed by atoms with E-state index in [0.29, 0.717) is 36.6 Å². The van der Waals surface area contributed by atoms with Crippen LogP contribution >= 0.6 is 0 Å². The van der Waals surface area contributed by atoms with Crippen molar-refractivity contribution in [3.63, 3.8) is 0 Å². The van der Waals surface area contributed by atoms with Gasteiger partial charge in [-0.25, -0.2) is 0 Å². The maximum atomic E-state index is 6.05. The number of aromatic nitrogens is 3. The number of nitrogens with zero attached hydrogens (tertiary/aromatic N) is 4. The minimum absolute atomic E-state index is 0.387. The summed E-state index contributed by atoms with van der Waals surface area (Å²) < 4.78 is 6.05. The minimum Gasteiger partial charge on any atom is -0.462 e. The van der Waals surface area contributed by atoms with Gasteiger partial charge in [0.15, 0.2) is 0 Å². The van der Waals surface area contributed by atoms with Crippen molar-refractivity contribution in [1.29, 1.82) is 0 Å². The van der Waals surface area contributed by atoms with Crippen molar-refractivity contribution in [2.45, 2.75) is 77.3 Å². The fourth-order valence-corrected chi connectivity index (χ4v) is 4.46. The third-order valence-electron chi connectivity index (χ3n) is 6.64. The molecule has 0 spiro atoms. The third kappa shape index (κ3) is 6.06. The van der Waals surface area contributed by atoms with Crippen LogP contribution in [0.1, 0.15) is 62.5 Å². The summed E-state index contributed by atoms with van der Waals surface area (Å²) in [5.41, 5.74) is 3.47. The highest BCUT2D eigenvalue weighted by Crippen LogP contribution is 2.23. The summed E-state index contributed by atoms with van der Waals surface area (Å²) >= 11 is 0. The van der Waals surface area contributed by atoms with E-state index in [4.69, 9.17) is 4.74 Å². The van der Waals surface area contributed by atoms with E-state index in [-0.39, 0.29) is 0 Å². The summed E-state index contributed by atoms with van der Waals surface area (Å²) in [7, 11) is 2.15. The number of rotatable bonds is 7. The second-order valence-electron chi connectivity index (χ2n) is 9.11. The molecule has 1 saturated carbocycles. The summed E-state index contributed by atoms with van der Waals surface area (Å²) in [6.07, 6.45) is 9.85. The number of ether oxygens (including phenoxy) is 1. The lowest BCUT2D eigenvalue weighted by Crippen LogP contribution is -2.31. The van der Waals surface area contributed by atoms with Gasteiger partial charge >= 0.3 is 6.01 Å². The van der Waals surface area contributed by atoms with Gasteiger partial charge in [0, 0.05) is 17.8 Å². The number of likely N-dealkylation sites (N-methyl/N-ethyl adjacent to an activating group) is 1. The summed E-state index contributed by atoms with van der Waals surface area (Å²) in [6, 6.07) is 7.50. The third-order valence-corrected chi connectivity index (χ3v) is 6.64. The number of aryl methyl sites for hydroxylation is 2. The fraction of sp³-hybridized carbons (Fsp3) is 0.625. The number of likely N-dealkylation sites (tertiary alicyclic amines) is 1. The molecule has 1 aliphatic heterocycles. The number of hydrogen-bond acceptors (Lipinski definition) is 7. The average molecular weight is 425 g/mol. The SMILES string of the molecule is Cc1ccc(Nc2nc(NC3CCCCCC3)nc(OCC3CCCN3C)n2)cc1C. The maximum Gasteiger partial charge on any atom is 0.323 e. The van der Waals surface area contributed by atoms with Crippen LogP contribution < -0.4 is 15.4 Å². The largest absolute Gasteiger partial charge is 0.462 e. The molecule has 1 aromatic carbocycles. The Bertz CT molecular complexity index is 865. The molecular weight excluding hydrogens is 388 g/mol. The lowest BCUT2D eigenvalue weighted by atomic mass is 10.1. The van der Waals surface area contributed by atoms with Crippen LogP contribution in [0.25, 0.3) is 0 Å². The van der Waals surface area contributed by atoms with E-state index in [1.807, 2.05) is 0 Å². The molecule has 1 unspecified atom stereocenters. The molecule has 1 aromatic heterocycles. The average Bonchev–Trinajstić information content (AvgIpc) is 2.98. The zero-order valence-electron chi connectivity index (χ0n) is 19.2. The van der Waals surface area contributed by atoms with Gasteiger partial charge in [0.2, 0.25) is 11.9 Å². The smallest absolute Gasteiger partial charge is 0.323 e. The van der Waals surface area contributed by atoms with Crippen molar-refractivity contribution in [1.82, 2.24) is 19.9 Å². The first-order valence-electron chi connectivity index (χ1n) is 11.8. The van der Waals surface area contributed by atoms with Crippen LogP contribution in [0.2, 0.25) is 0 Å². The van der Waals surface area contributed by atoms with Gasteiger partial charge < -0.3 is 20.3 Å². The van der Waals surface area contributed by atoms with Crippen molar-refractivity contribution >= 4 is 17.6 Å². The van der Waals surface area contributed by atoms with Gasteiger partial charge in [-0.3, -0.25) is 0 Å². The van der Waals surface area contributed by atoms with Gasteiger partial charge in [-0.2, -0.15) is 15.0 Å². The Labute approximate surface area is 186 Å². The van der Waals surface area contributed by atoms with Crippen LogP contribution in [0.5, 0.6) is 6.01 Å². The van der Waals surface area contributed by atoms with E-state index >= 15 is 0 Å². The first kappa shape index (κ1) is 21.8. The van der Waals surface area contributed by atoms with Gasteiger partial charge in [0.1, 0.15) is 6.61 Å². The number of nitrogens with one attached hydrogen (secondary N) is 2. The summed E-state index contributed by atoms with van der Waals surface area (Å²) in [6.45, 7) is 5.95. The molecule has 31 heavy (non-hydrogen) atoms. The quantitative estimate of drug-likeness (QED) is 0.616. The minimum atomic E-state index is 0.387. The molecule has 1 atom stereocenters. The molecule has 0 bridgehead atoms. The summed E-state index contributed by atoms with van der Waals surface area (Å²) in [5.74, 6) is 1.12. The normalized spacial score (nSPS) is 20.4. The number of anilines is 3. The highest BCUT2D eigenvalue weighted by Gasteiger charge is 2.22. The predicted octanol–water partition coefficient (Wildman–Crippen LogP) is 4.84. The Hall–Kier alpha value is -2.41. The molecule has 2 fully saturated rings. The van der Waals surface area contributed by atoms with Crippen molar-refractivity contribution in [2.24, 2.45) is 0 Å². The molecule has 1 aliphatic carbocycles. The van der Waals surface area contributed by atoms with Crippen molar-refractivity contribution in [2.75, 3.05) is 30.8 Å². The summed E-state index contributed by atoms with van der Waals surface area (Å²) in [5, 5.41) is 6.90. The number of hydrogen-bond donors (Lipinski definition) is 2. The summed E-state index contributed by atoms with van der Waals surface area (Å²) in [4.78, 5) is 16.2. The fourth-order valence-electron chi connectivity index (χ4n) is 4.46. The topological polar surface area (TPSA) is 75.2 Å². The Morgan fingerprint density at radius 3 is 2.42 bits per heavy atom. The van der Waals surface area contributed by atoms with Crippen LogP contribution in [0.15, 0.2) is 18.2 Å². The molecule has 2 heterocycles. The van der Waals surface area contributed by atoms with Gasteiger partial charge in [-0.1, -0.05) is 31.7 Å². The molecule has 0 radical (unpaired) electrons. The number of benzene rings is 1. The molecule has 168 valence electrons. The lowest BCUT2D eigenvalue weighted by molar-refractivity contribution is 0.188. The molecule has 7 nitrogen and oxygen atoms in total. The first-order valence-corrected chi connectivity index (χ1v) is 11.8. The van der Waals surface area contributed by atoms with Gasteiger partial charge in [-0.05, 0) is 76.4 Å². The first-order chi connectivity index (χ1) is 15.1. The second kappa shape index (κ2) is 10.3. The van der Waals surface area contributed by atoms with E-state index in [1.165, 1.54) is 43.2 Å². The second-order valence-corrected chi connectivity index (χ2v) is 9.11. The van der Waals surface area contributed by atoms with Crippen LogP contribution in [0.4, 0.5) is 17.6 Å². The predicted molar refractivity (Wildman–Crippen MR) is 125 cm³/mol. The standard InChI is InChI=1S/C24H36N6O/c1-17-12-13-20(15-18(17)2)26-23-27-22(25-19-9-6-4-5-7-10-19)28-24(29-23)31-16-21-11-8-14-30(21)3/h12-13,15,19,21H,4-11,14,16H2,1-3H3,(H2,25,26,27,28,29). The Morgan fingerprint density at radius 2 is 1.71 bits per heavy atom. The highest BCUT2D eigenvalue weighted by atomic mass is 16.5. The molecule has 2 aromatic rings. The Kier molecular flexibility index (Phi) is 7.22. The maximum absolute atomic E-state index is 6.05. The molecule has 7 heteroatoms. The zero-order chi connectivity index (χ0) is 21.6. The van der Waals surface area contributed by atoms with Crippen LogP contribution in [0.3, 0.4) is 0 Å². The molecule has 2 aliphatic rings. The Morgan fingerprint density at radius 1 is 0.935 bits per heavy atom. The van der Waals surface area contributed by atoms with Crippen LogP contribution in [-0.2, 0) is 0 Å². The van der Waals surface area contributed by atoms with Crippen molar-refractivity contribution in [3.05, 3.63) is 29.3 Å². The molecule has 4 rings (SSSR count).